The van der Waals surface area contributed by atoms with Crippen LogP contribution in [0.25, 0.3) is 0 Å². The predicted octanol–water partition coefficient (Wildman–Crippen LogP) is 2.11. The summed E-state index contributed by atoms with van der Waals surface area (Å²) in [5.41, 5.74) is 6.16. The van der Waals surface area contributed by atoms with Gasteiger partial charge < -0.3 is 15.4 Å². The van der Waals surface area contributed by atoms with Gasteiger partial charge in [0.05, 0.1) is 0 Å². The number of rotatable bonds is 4. The Morgan fingerprint density at radius 3 is 2.76 bits per heavy atom. The molecule has 2 atom stereocenters. The number of likely N-dealkylation sites (tertiary alicyclic amines) is 1. The van der Waals surface area contributed by atoms with E-state index in [9.17, 15) is 0 Å². The fourth-order valence-electron chi connectivity index (χ4n) is 2.18. The Balaban J connectivity index is 1.79. The van der Waals surface area contributed by atoms with Gasteiger partial charge >= 0.3 is 0 Å². The smallest absolute Gasteiger partial charge is 0.119 e. The van der Waals surface area contributed by atoms with Crippen molar-refractivity contribution in [3.05, 3.63) is 28.7 Å². The molecule has 1 saturated heterocycles. The Morgan fingerprint density at radius 1 is 1.47 bits per heavy atom. The fraction of sp³-hybridized carbons (Fsp3) is 0.538. The maximum absolute atomic E-state index is 6.16. The summed E-state index contributed by atoms with van der Waals surface area (Å²) in [7, 11) is 2.14. The van der Waals surface area contributed by atoms with Gasteiger partial charge in [0.25, 0.3) is 0 Å². The second-order valence-corrected chi connectivity index (χ2v) is 5.66. The molecule has 1 heterocycles. The van der Waals surface area contributed by atoms with Crippen LogP contribution in [0.1, 0.15) is 6.42 Å². The molecule has 0 saturated carbocycles. The van der Waals surface area contributed by atoms with Gasteiger partial charge in [0, 0.05) is 17.1 Å². The van der Waals surface area contributed by atoms with E-state index in [4.69, 9.17) is 10.5 Å². The SMILES string of the molecule is CN1CCC(C(N)COc2ccc(Br)cc2)C1. The van der Waals surface area contributed by atoms with Crippen LogP contribution in [-0.4, -0.2) is 37.7 Å². The quantitative estimate of drug-likeness (QED) is 0.925. The molecule has 1 aromatic rings. The maximum atomic E-state index is 6.16. The van der Waals surface area contributed by atoms with Crippen molar-refractivity contribution in [3.63, 3.8) is 0 Å². The first-order chi connectivity index (χ1) is 8.15. The molecule has 0 bridgehead atoms. The second kappa shape index (κ2) is 5.85. The third kappa shape index (κ3) is 3.69. The lowest BCUT2D eigenvalue weighted by Crippen LogP contribution is -2.37. The molecule has 2 rings (SSSR count). The zero-order valence-corrected chi connectivity index (χ0v) is 11.7. The Morgan fingerprint density at radius 2 is 2.18 bits per heavy atom. The standard InChI is InChI=1S/C13H19BrN2O/c1-16-7-6-10(8-16)13(15)9-17-12-4-2-11(14)3-5-12/h2-5,10,13H,6-9,15H2,1H3. The minimum atomic E-state index is 0.128. The fourth-order valence-corrected chi connectivity index (χ4v) is 2.44. The zero-order chi connectivity index (χ0) is 12.3. The summed E-state index contributed by atoms with van der Waals surface area (Å²) in [6.45, 7) is 2.83. The molecule has 3 nitrogen and oxygen atoms in total. The molecule has 1 fully saturated rings. The highest BCUT2D eigenvalue weighted by molar-refractivity contribution is 9.10. The van der Waals surface area contributed by atoms with Crippen molar-refractivity contribution in [1.82, 2.24) is 4.90 Å². The largest absolute Gasteiger partial charge is 0.492 e. The summed E-state index contributed by atoms with van der Waals surface area (Å²) < 4.78 is 6.77. The van der Waals surface area contributed by atoms with E-state index in [1.165, 1.54) is 6.42 Å². The molecule has 4 heteroatoms. The summed E-state index contributed by atoms with van der Waals surface area (Å²) in [4.78, 5) is 2.32. The molecule has 17 heavy (non-hydrogen) atoms. The number of nitrogens with zero attached hydrogens (tertiary/aromatic N) is 1. The lowest BCUT2D eigenvalue weighted by atomic mass is 10.0. The van der Waals surface area contributed by atoms with Gasteiger partial charge in [0.1, 0.15) is 12.4 Å². The Kier molecular flexibility index (Phi) is 4.42. The van der Waals surface area contributed by atoms with Crippen LogP contribution in [0.15, 0.2) is 28.7 Å². The zero-order valence-electron chi connectivity index (χ0n) is 10.1. The van der Waals surface area contributed by atoms with E-state index in [2.05, 4.69) is 27.9 Å². The monoisotopic (exact) mass is 298 g/mol. The van der Waals surface area contributed by atoms with Crippen LogP contribution in [0.5, 0.6) is 5.75 Å². The Labute approximate surface area is 111 Å². The highest BCUT2D eigenvalue weighted by Gasteiger charge is 2.25. The molecular formula is C13H19BrN2O. The van der Waals surface area contributed by atoms with Gasteiger partial charge in [-0.25, -0.2) is 0 Å². The second-order valence-electron chi connectivity index (χ2n) is 4.74. The van der Waals surface area contributed by atoms with Crippen molar-refractivity contribution in [3.8, 4) is 5.75 Å². The summed E-state index contributed by atoms with van der Waals surface area (Å²) in [5.74, 6) is 1.45. The predicted molar refractivity (Wildman–Crippen MR) is 73.2 cm³/mol. The molecule has 0 amide bonds. The minimum absolute atomic E-state index is 0.128. The van der Waals surface area contributed by atoms with Gasteiger partial charge in [-0.15, -0.1) is 0 Å². The summed E-state index contributed by atoms with van der Waals surface area (Å²) in [5, 5.41) is 0. The topological polar surface area (TPSA) is 38.5 Å². The molecule has 0 aromatic heterocycles. The van der Waals surface area contributed by atoms with Crippen LogP contribution in [0.4, 0.5) is 0 Å². The van der Waals surface area contributed by atoms with Crippen LogP contribution in [0.3, 0.4) is 0 Å². The molecule has 94 valence electrons. The van der Waals surface area contributed by atoms with E-state index in [0.717, 1.165) is 23.3 Å². The Hall–Kier alpha value is -0.580. The van der Waals surface area contributed by atoms with Crippen molar-refractivity contribution >= 4 is 15.9 Å². The van der Waals surface area contributed by atoms with Gasteiger partial charge in [-0.05, 0) is 50.2 Å². The number of halogens is 1. The van der Waals surface area contributed by atoms with Crippen LogP contribution in [0, 0.1) is 5.92 Å². The number of hydrogen-bond acceptors (Lipinski definition) is 3. The van der Waals surface area contributed by atoms with E-state index < -0.39 is 0 Å². The number of benzene rings is 1. The van der Waals surface area contributed by atoms with Gasteiger partial charge in [-0.3, -0.25) is 0 Å². The summed E-state index contributed by atoms with van der Waals surface area (Å²) >= 11 is 3.40. The van der Waals surface area contributed by atoms with E-state index >= 15 is 0 Å². The van der Waals surface area contributed by atoms with E-state index in [1.807, 2.05) is 24.3 Å². The molecule has 0 radical (unpaired) electrons. The van der Waals surface area contributed by atoms with Crippen LogP contribution in [0.2, 0.25) is 0 Å². The average molecular weight is 299 g/mol. The highest BCUT2D eigenvalue weighted by atomic mass is 79.9. The van der Waals surface area contributed by atoms with Crippen LogP contribution >= 0.6 is 15.9 Å². The number of ether oxygens (including phenoxy) is 1. The van der Waals surface area contributed by atoms with Crippen LogP contribution in [-0.2, 0) is 0 Å². The number of nitrogens with two attached hydrogens (primary N) is 1. The summed E-state index contributed by atoms with van der Waals surface area (Å²) in [6, 6.07) is 7.99. The molecule has 1 aliphatic rings. The molecule has 2 N–H and O–H groups in total. The van der Waals surface area contributed by atoms with Gasteiger partial charge in [-0.1, -0.05) is 15.9 Å². The highest BCUT2D eigenvalue weighted by Crippen LogP contribution is 2.19. The number of hydrogen-bond donors (Lipinski definition) is 1. The van der Waals surface area contributed by atoms with Crippen LogP contribution < -0.4 is 10.5 Å². The van der Waals surface area contributed by atoms with Crippen molar-refractivity contribution < 1.29 is 4.74 Å². The lowest BCUT2D eigenvalue weighted by Gasteiger charge is -2.19. The molecule has 0 spiro atoms. The summed E-state index contributed by atoms with van der Waals surface area (Å²) in [6.07, 6.45) is 1.18. The van der Waals surface area contributed by atoms with Crippen molar-refractivity contribution in [2.24, 2.45) is 11.7 Å². The van der Waals surface area contributed by atoms with Gasteiger partial charge in [0.15, 0.2) is 0 Å². The first kappa shape index (κ1) is 12.9. The maximum Gasteiger partial charge on any atom is 0.119 e. The molecule has 2 unspecified atom stereocenters. The Bertz CT molecular complexity index is 355. The van der Waals surface area contributed by atoms with Crippen molar-refractivity contribution in [2.75, 3.05) is 26.7 Å². The molecule has 1 aromatic carbocycles. The third-order valence-electron chi connectivity index (χ3n) is 3.29. The normalized spacial score (nSPS) is 22.6. The van der Waals surface area contributed by atoms with Gasteiger partial charge in [-0.2, -0.15) is 0 Å². The third-order valence-corrected chi connectivity index (χ3v) is 3.82. The van der Waals surface area contributed by atoms with E-state index in [1.54, 1.807) is 0 Å². The van der Waals surface area contributed by atoms with E-state index in [-0.39, 0.29) is 6.04 Å². The first-order valence-electron chi connectivity index (χ1n) is 5.97. The molecular weight excluding hydrogens is 280 g/mol. The van der Waals surface area contributed by atoms with Gasteiger partial charge in [0.2, 0.25) is 0 Å². The lowest BCUT2D eigenvalue weighted by molar-refractivity contribution is 0.245. The molecule has 0 aliphatic carbocycles. The van der Waals surface area contributed by atoms with E-state index in [0.29, 0.717) is 12.5 Å². The first-order valence-corrected chi connectivity index (χ1v) is 6.77. The minimum Gasteiger partial charge on any atom is -0.492 e. The average Bonchev–Trinajstić information content (AvgIpc) is 2.75. The van der Waals surface area contributed by atoms with Crippen molar-refractivity contribution in [1.29, 1.82) is 0 Å². The van der Waals surface area contributed by atoms with Crippen molar-refractivity contribution in [2.45, 2.75) is 12.5 Å². The molecule has 1 aliphatic heterocycles.